The van der Waals surface area contributed by atoms with Crippen molar-refractivity contribution in [3.05, 3.63) is 45.5 Å². The van der Waals surface area contributed by atoms with Crippen molar-refractivity contribution in [1.29, 1.82) is 0 Å². The minimum absolute atomic E-state index is 0.0305. The lowest BCUT2D eigenvalue weighted by Gasteiger charge is -2.17. The molecule has 1 aromatic rings. The fraction of sp³-hybridized carbons (Fsp3) is 0.353. The van der Waals surface area contributed by atoms with Crippen molar-refractivity contribution in [2.75, 3.05) is 6.61 Å². The van der Waals surface area contributed by atoms with Crippen molar-refractivity contribution < 1.29 is 34.4 Å². The minimum atomic E-state index is -1.48. The van der Waals surface area contributed by atoms with Gasteiger partial charge < -0.3 is 20.1 Å². The number of hydrogen-bond acceptors (Lipinski definition) is 5. The average Bonchev–Trinajstić information content (AvgIpc) is 2.48. The lowest BCUT2D eigenvalue weighted by Crippen LogP contribution is -2.17. The van der Waals surface area contributed by atoms with E-state index >= 15 is 0 Å². The van der Waals surface area contributed by atoms with Crippen molar-refractivity contribution in [3.8, 4) is 0 Å². The number of halogens is 1. The van der Waals surface area contributed by atoms with E-state index in [1.807, 2.05) is 0 Å². The number of esters is 1. The van der Waals surface area contributed by atoms with E-state index in [0.717, 1.165) is 0 Å². The molecule has 1 rings (SSSR count). The highest BCUT2D eigenvalue weighted by Crippen LogP contribution is 2.30. The third kappa shape index (κ3) is 5.30. The Hall–Kier alpha value is -2.38. The molecule has 0 aliphatic heterocycles. The molecule has 25 heavy (non-hydrogen) atoms. The molecular weight excluding hydrogens is 352 g/mol. The first kappa shape index (κ1) is 20.7. The number of hydrogen-bond donors (Lipinski definition) is 3. The van der Waals surface area contributed by atoms with Crippen LogP contribution in [0.1, 0.15) is 45.7 Å². The molecule has 0 saturated heterocycles. The van der Waals surface area contributed by atoms with E-state index in [0.29, 0.717) is 11.1 Å². The van der Waals surface area contributed by atoms with Crippen LogP contribution in [0.2, 0.25) is 5.02 Å². The summed E-state index contributed by atoms with van der Waals surface area (Å²) in [5.74, 6) is -3.51. The highest BCUT2D eigenvalue weighted by atomic mass is 35.5. The van der Waals surface area contributed by atoms with Gasteiger partial charge in [0.05, 0.1) is 28.9 Å². The summed E-state index contributed by atoms with van der Waals surface area (Å²) in [6, 6.07) is 1.18. The van der Waals surface area contributed by atoms with Crippen LogP contribution in [0.3, 0.4) is 0 Å². The van der Waals surface area contributed by atoms with Crippen LogP contribution in [0.25, 0.3) is 0 Å². The number of rotatable bonds is 8. The Morgan fingerprint density at radius 1 is 1.28 bits per heavy atom. The third-order valence-corrected chi connectivity index (χ3v) is 3.77. The zero-order valence-corrected chi connectivity index (χ0v) is 14.6. The van der Waals surface area contributed by atoms with E-state index in [9.17, 15) is 29.7 Å². The molecule has 0 aromatic heterocycles. The van der Waals surface area contributed by atoms with E-state index in [-0.39, 0.29) is 30.0 Å². The number of carbonyl (C=O) groups excluding carboxylic acids is 1. The zero-order valence-electron chi connectivity index (χ0n) is 13.8. The molecule has 0 bridgehead atoms. The number of benzene rings is 1. The Balaban J connectivity index is 3.33. The third-order valence-electron chi connectivity index (χ3n) is 3.36. The van der Waals surface area contributed by atoms with Crippen LogP contribution < -0.4 is 0 Å². The monoisotopic (exact) mass is 370 g/mol. The van der Waals surface area contributed by atoms with Gasteiger partial charge in [-0.15, -0.1) is 0 Å². The van der Waals surface area contributed by atoms with Gasteiger partial charge in [0.2, 0.25) is 0 Å². The predicted molar refractivity (Wildman–Crippen MR) is 90.2 cm³/mol. The molecule has 8 heteroatoms. The van der Waals surface area contributed by atoms with Crippen molar-refractivity contribution in [1.82, 2.24) is 0 Å². The second kappa shape index (κ2) is 8.64. The molecule has 1 unspecified atom stereocenters. The summed E-state index contributed by atoms with van der Waals surface area (Å²) in [7, 11) is 0. The molecule has 1 aromatic carbocycles. The largest absolute Gasteiger partial charge is 0.478 e. The zero-order chi connectivity index (χ0) is 19.3. The quantitative estimate of drug-likeness (QED) is 0.474. The van der Waals surface area contributed by atoms with E-state index < -0.39 is 35.1 Å². The SMILES string of the molecule is C=C(C)C(=O)OCCc1cc(C(=O)O)c(C(=O)O)c(Cl)c1CC(C)O. The highest BCUT2D eigenvalue weighted by molar-refractivity contribution is 6.35. The molecule has 0 amide bonds. The van der Waals surface area contributed by atoms with Crippen LogP contribution >= 0.6 is 11.6 Å². The van der Waals surface area contributed by atoms with E-state index in [1.54, 1.807) is 0 Å². The van der Waals surface area contributed by atoms with E-state index in [1.165, 1.54) is 19.9 Å². The van der Waals surface area contributed by atoms with Crippen molar-refractivity contribution in [2.24, 2.45) is 0 Å². The number of aliphatic hydroxyl groups is 1. The molecule has 136 valence electrons. The van der Waals surface area contributed by atoms with Crippen LogP contribution in [0.5, 0.6) is 0 Å². The molecule has 0 heterocycles. The van der Waals surface area contributed by atoms with Gasteiger partial charge in [-0.3, -0.25) is 0 Å². The summed E-state index contributed by atoms with van der Waals surface area (Å²) in [6.07, 6.45) is -0.685. The van der Waals surface area contributed by atoms with Crippen LogP contribution in [0, 0.1) is 0 Å². The molecule has 7 nitrogen and oxygen atoms in total. The second-order valence-electron chi connectivity index (χ2n) is 5.58. The Kier molecular flexibility index (Phi) is 7.14. The average molecular weight is 371 g/mol. The first-order valence-electron chi connectivity index (χ1n) is 7.37. The van der Waals surface area contributed by atoms with Gasteiger partial charge in [-0.05, 0) is 37.5 Å². The number of carboxylic acids is 2. The standard InChI is InChI=1S/C17H19ClO7/c1-8(2)17(24)25-5-4-10-7-12(15(20)21)13(16(22)23)14(18)11(10)6-9(3)19/h7,9,19H,1,4-6H2,2-3H3,(H,20,21)(H,22,23). The van der Waals surface area contributed by atoms with Crippen LogP contribution in [-0.4, -0.2) is 45.9 Å². The topological polar surface area (TPSA) is 121 Å². The summed E-state index contributed by atoms with van der Waals surface area (Å²) in [4.78, 5) is 34.2. The Morgan fingerprint density at radius 2 is 1.88 bits per heavy atom. The Labute approximate surface area is 149 Å². The summed E-state index contributed by atoms with van der Waals surface area (Å²) in [5, 5.41) is 27.9. The molecule has 0 fully saturated rings. The molecule has 1 atom stereocenters. The summed E-state index contributed by atoms with van der Waals surface area (Å²) in [6.45, 7) is 6.36. The molecule has 0 spiro atoms. The van der Waals surface area contributed by atoms with Gasteiger partial charge in [0.25, 0.3) is 0 Å². The predicted octanol–water partition coefficient (Wildman–Crippen LogP) is 2.32. The molecular formula is C17H19ClO7. The number of carbonyl (C=O) groups is 3. The van der Waals surface area contributed by atoms with E-state index in [4.69, 9.17) is 16.3 Å². The van der Waals surface area contributed by atoms with Gasteiger partial charge in [0, 0.05) is 12.0 Å². The normalized spacial score (nSPS) is 11.7. The molecule has 0 saturated carbocycles. The van der Waals surface area contributed by atoms with Gasteiger partial charge in [-0.2, -0.15) is 0 Å². The number of ether oxygens (including phenoxy) is 1. The van der Waals surface area contributed by atoms with Gasteiger partial charge in [0.1, 0.15) is 0 Å². The van der Waals surface area contributed by atoms with Gasteiger partial charge in [0.15, 0.2) is 0 Å². The van der Waals surface area contributed by atoms with Crippen LogP contribution in [0.4, 0.5) is 0 Å². The first-order chi connectivity index (χ1) is 11.6. The maximum atomic E-state index is 11.4. The Bertz CT molecular complexity index is 722. The first-order valence-corrected chi connectivity index (χ1v) is 7.75. The van der Waals surface area contributed by atoms with Crippen molar-refractivity contribution in [2.45, 2.75) is 32.8 Å². The van der Waals surface area contributed by atoms with Crippen LogP contribution in [0.15, 0.2) is 18.2 Å². The summed E-state index contributed by atoms with van der Waals surface area (Å²) < 4.78 is 4.98. The summed E-state index contributed by atoms with van der Waals surface area (Å²) >= 11 is 6.12. The maximum absolute atomic E-state index is 11.4. The Morgan fingerprint density at radius 3 is 2.32 bits per heavy atom. The lowest BCUT2D eigenvalue weighted by molar-refractivity contribution is -0.138. The van der Waals surface area contributed by atoms with Crippen LogP contribution in [-0.2, 0) is 22.4 Å². The van der Waals surface area contributed by atoms with Crippen molar-refractivity contribution in [3.63, 3.8) is 0 Å². The van der Waals surface area contributed by atoms with Crippen molar-refractivity contribution >= 4 is 29.5 Å². The minimum Gasteiger partial charge on any atom is -0.478 e. The van der Waals surface area contributed by atoms with E-state index in [2.05, 4.69) is 6.58 Å². The second-order valence-corrected chi connectivity index (χ2v) is 5.96. The molecule has 3 N–H and O–H groups in total. The smallest absolute Gasteiger partial charge is 0.338 e. The molecule has 0 aliphatic rings. The summed E-state index contributed by atoms with van der Waals surface area (Å²) in [5.41, 5.74) is -0.0801. The van der Waals surface area contributed by atoms with Gasteiger partial charge >= 0.3 is 17.9 Å². The highest BCUT2D eigenvalue weighted by Gasteiger charge is 2.25. The fourth-order valence-corrected chi connectivity index (χ4v) is 2.62. The fourth-order valence-electron chi connectivity index (χ4n) is 2.24. The molecule has 0 aliphatic carbocycles. The number of aliphatic hydroxyl groups excluding tert-OH is 1. The number of aromatic carboxylic acids is 2. The maximum Gasteiger partial charge on any atom is 0.338 e. The molecule has 0 radical (unpaired) electrons. The van der Waals surface area contributed by atoms with Gasteiger partial charge in [-0.1, -0.05) is 18.2 Å². The lowest BCUT2D eigenvalue weighted by atomic mass is 9.93. The van der Waals surface area contributed by atoms with Gasteiger partial charge in [-0.25, -0.2) is 14.4 Å². The number of carboxylic acid groups (broad SMARTS) is 2.